The topological polar surface area (TPSA) is 18.5 Å². The smallest absolute Gasteiger partial charge is 0.200 e. The molecule has 0 heterocycles. The lowest BCUT2D eigenvalue weighted by atomic mass is 9.83. The molecule has 0 aromatic rings. The van der Waals surface area contributed by atoms with Crippen LogP contribution in [0.2, 0.25) is 0 Å². The Morgan fingerprint density at radius 1 is 0.962 bits per heavy atom. The van der Waals surface area contributed by atoms with Gasteiger partial charge in [0, 0.05) is 17.2 Å². The lowest BCUT2D eigenvalue weighted by Crippen LogP contribution is -2.16. The molecule has 2 nitrogen and oxygen atoms in total. The van der Waals surface area contributed by atoms with E-state index in [2.05, 4.69) is 38.0 Å². The predicted molar refractivity (Wildman–Crippen MR) is 99.1 cm³/mol. The molecule has 0 saturated heterocycles. The second-order valence-corrected chi connectivity index (χ2v) is 6.61. The minimum Gasteiger partial charge on any atom is -0.494 e. The highest BCUT2D eigenvalue weighted by Gasteiger charge is 2.20. The summed E-state index contributed by atoms with van der Waals surface area (Å²) in [7, 11) is 1.14. The maximum Gasteiger partial charge on any atom is 0.200 e. The largest absolute Gasteiger partial charge is 0.494 e. The summed E-state index contributed by atoms with van der Waals surface area (Å²) in [5.41, 5.74) is -0.943. The van der Waals surface area contributed by atoms with Crippen LogP contribution in [0.1, 0.15) is 32.6 Å². The van der Waals surface area contributed by atoms with E-state index in [1.165, 1.54) is 0 Å². The number of methoxy groups -OCH3 is 1. The maximum absolute atomic E-state index is 14.2. The van der Waals surface area contributed by atoms with E-state index in [4.69, 9.17) is 4.74 Å². The van der Waals surface area contributed by atoms with E-state index in [1.54, 1.807) is 0 Å². The monoisotopic (exact) mass is 368 g/mol. The molecule has 0 aliphatic heterocycles. The van der Waals surface area contributed by atoms with Crippen molar-refractivity contribution in [2.75, 3.05) is 13.7 Å². The van der Waals surface area contributed by atoms with Gasteiger partial charge in [0.1, 0.15) is 17.3 Å². The Bertz CT molecular complexity index is 636. The molecular weight excluding hydrogens is 341 g/mol. The molecule has 0 N–H and O–H groups in total. The van der Waals surface area contributed by atoms with Gasteiger partial charge in [-0.3, -0.25) is 0 Å². The van der Waals surface area contributed by atoms with Gasteiger partial charge in [0.25, 0.3) is 0 Å². The minimum atomic E-state index is -1.38. The van der Waals surface area contributed by atoms with Crippen LogP contribution in [0.5, 0.6) is 0 Å². The van der Waals surface area contributed by atoms with E-state index < -0.39 is 34.4 Å². The molecule has 0 spiro atoms. The van der Waals surface area contributed by atoms with Crippen LogP contribution in [0.25, 0.3) is 0 Å². The molecule has 0 amide bonds. The predicted octanol–water partition coefficient (Wildman–Crippen LogP) is 6.62. The first-order chi connectivity index (χ1) is 12.2. The van der Waals surface area contributed by atoms with Gasteiger partial charge in [-0.1, -0.05) is 46.1 Å². The highest BCUT2D eigenvalue weighted by atomic mass is 19.2. The van der Waals surface area contributed by atoms with Gasteiger partial charge in [-0.05, 0) is 24.7 Å². The quantitative estimate of drug-likeness (QED) is 0.336. The summed E-state index contributed by atoms with van der Waals surface area (Å²) in [4.78, 5) is 0. The van der Waals surface area contributed by atoms with E-state index in [0.717, 1.165) is 44.8 Å². The fraction of sp³-hybridized carbons (Fsp3) is 0.429. The number of halogens is 3. The Morgan fingerprint density at radius 3 is 2.08 bits per heavy atom. The summed E-state index contributed by atoms with van der Waals surface area (Å²) < 4.78 is 51.8. The normalized spacial score (nSPS) is 21.5. The van der Waals surface area contributed by atoms with Crippen molar-refractivity contribution in [2.24, 2.45) is 11.8 Å². The van der Waals surface area contributed by atoms with E-state index in [-0.39, 0.29) is 5.76 Å². The fourth-order valence-corrected chi connectivity index (χ4v) is 2.61. The lowest BCUT2D eigenvalue weighted by molar-refractivity contribution is 0.138. The Balaban J connectivity index is 2.64. The van der Waals surface area contributed by atoms with Gasteiger partial charge in [-0.25, -0.2) is 8.78 Å². The van der Waals surface area contributed by atoms with Crippen LogP contribution in [-0.4, -0.2) is 13.7 Å². The first-order valence-corrected chi connectivity index (χ1v) is 8.53. The van der Waals surface area contributed by atoms with Crippen molar-refractivity contribution in [1.82, 2.24) is 0 Å². The van der Waals surface area contributed by atoms with Gasteiger partial charge in [0.15, 0.2) is 5.83 Å². The molecule has 0 atom stereocenters. The summed E-state index contributed by atoms with van der Waals surface area (Å²) in [6.07, 6.45) is 5.46. The molecule has 1 saturated carbocycles. The molecule has 26 heavy (non-hydrogen) atoms. The average molecular weight is 368 g/mol. The van der Waals surface area contributed by atoms with Crippen molar-refractivity contribution >= 4 is 0 Å². The molecular formula is C21H27F3O2. The summed E-state index contributed by atoms with van der Waals surface area (Å²) in [5.74, 6) is -2.90. The zero-order valence-corrected chi connectivity index (χ0v) is 15.5. The van der Waals surface area contributed by atoms with Gasteiger partial charge in [0.05, 0.1) is 13.7 Å². The van der Waals surface area contributed by atoms with Crippen molar-refractivity contribution in [3.8, 4) is 0 Å². The zero-order chi connectivity index (χ0) is 19.9. The van der Waals surface area contributed by atoms with Crippen LogP contribution in [0, 0.1) is 11.8 Å². The number of hydrogen-bond acceptors (Lipinski definition) is 2. The molecule has 0 unspecified atom stereocenters. The molecule has 1 fully saturated rings. The van der Waals surface area contributed by atoms with Crippen LogP contribution in [0.3, 0.4) is 0 Å². The highest BCUT2D eigenvalue weighted by Crippen LogP contribution is 2.31. The van der Waals surface area contributed by atoms with Gasteiger partial charge in [-0.2, -0.15) is 4.39 Å². The van der Waals surface area contributed by atoms with E-state index in [9.17, 15) is 13.2 Å². The Kier molecular flexibility index (Phi) is 8.49. The second-order valence-electron chi connectivity index (χ2n) is 6.61. The van der Waals surface area contributed by atoms with Crippen molar-refractivity contribution in [3.05, 3.63) is 72.5 Å². The van der Waals surface area contributed by atoms with E-state index in [1.807, 2.05) is 0 Å². The van der Waals surface area contributed by atoms with Gasteiger partial charge < -0.3 is 9.47 Å². The van der Waals surface area contributed by atoms with Crippen LogP contribution < -0.4 is 0 Å². The number of allylic oxidation sites excluding steroid dienone is 6. The van der Waals surface area contributed by atoms with Crippen LogP contribution in [-0.2, 0) is 9.47 Å². The third-order valence-corrected chi connectivity index (χ3v) is 4.53. The molecule has 0 radical (unpaired) electrons. The standard InChI is InChI=1S/C21H27F3O2/c1-13-7-9-18(10-8-13)12-26-14(2)11-19(22)15(3)16(4)20(23)21(24)17(5)25-6/h11,13,18H,2-5,7-10,12H2,1,6H3/b19-11+,21-20-. The third kappa shape index (κ3) is 6.28. The first kappa shape index (κ1) is 21.9. The Morgan fingerprint density at radius 2 is 1.54 bits per heavy atom. The molecule has 144 valence electrons. The molecule has 5 heteroatoms. The van der Waals surface area contributed by atoms with E-state index in [0.29, 0.717) is 12.5 Å². The van der Waals surface area contributed by atoms with Gasteiger partial charge >= 0.3 is 0 Å². The Labute approximate surface area is 154 Å². The number of rotatable bonds is 9. The molecule has 1 aliphatic rings. The lowest BCUT2D eigenvalue weighted by Gasteiger charge is -2.26. The summed E-state index contributed by atoms with van der Waals surface area (Å²) >= 11 is 0. The number of hydrogen-bond donors (Lipinski definition) is 0. The molecule has 0 bridgehead atoms. The van der Waals surface area contributed by atoms with Crippen molar-refractivity contribution in [2.45, 2.75) is 32.6 Å². The first-order valence-electron chi connectivity index (χ1n) is 8.53. The molecule has 0 aromatic heterocycles. The maximum atomic E-state index is 14.2. The van der Waals surface area contributed by atoms with E-state index >= 15 is 0 Å². The van der Waals surface area contributed by atoms with Crippen molar-refractivity contribution in [3.63, 3.8) is 0 Å². The van der Waals surface area contributed by atoms with Crippen molar-refractivity contribution in [1.29, 1.82) is 0 Å². The van der Waals surface area contributed by atoms with Crippen LogP contribution >= 0.6 is 0 Å². The Hall–Kier alpha value is -2.17. The summed E-state index contributed by atoms with van der Waals surface area (Å²) in [5, 5.41) is 0. The SMILES string of the molecule is C=C(/C=C(/F)C(=C)C(=C)/C(F)=C(/F)C(=C)OC)OCC1CCC(C)CC1. The molecule has 1 rings (SSSR count). The highest BCUT2D eigenvalue weighted by molar-refractivity contribution is 5.51. The second kappa shape index (κ2) is 10.1. The molecule has 0 aromatic carbocycles. The van der Waals surface area contributed by atoms with Gasteiger partial charge in [0.2, 0.25) is 5.83 Å². The summed E-state index contributed by atoms with van der Waals surface area (Å²) in [6, 6.07) is 0. The minimum absolute atomic E-state index is 0.0984. The summed E-state index contributed by atoms with van der Waals surface area (Å²) in [6.45, 7) is 16.2. The average Bonchev–Trinajstić information content (AvgIpc) is 2.64. The zero-order valence-electron chi connectivity index (χ0n) is 15.5. The van der Waals surface area contributed by atoms with Crippen LogP contribution in [0.15, 0.2) is 72.5 Å². The van der Waals surface area contributed by atoms with Crippen LogP contribution in [0.4, 0.5) is 13.2 Å². The molecule has 1 aliphatic carbocycles. The fourth-order valence-electron chi connectivity index (χ4n) is 2.61. The number of ether oxygens (including phenoxy) is 2. The van der Waals surface area contributed by atoms with Gasteiger partial charge in [-0.15, -0.1) is 0 Å². The third-order valence-electron chi connectivity index (χ3n) is 4.53. The van der Waals surface area contributed by atoms with Crippen molar-refractivity contribution < 1.29 is 22.6 Å².